The fourth-order valence-corrected chi connectivity index (χ4v) is 2.53. The summed E-state index contributed by atoms with van der Waals surface area (Å²) in [5.74, 6) is 0.686. The molecule has 0 atom stereocenters. The molecule has 0 aromatic carbocycles. The summed E-state index contributed by atoms with van der Waals surface area (Å²) >= 11 is 0. The maximum Gasteiger partial charge on any atom is 0.134 e. The highest BCUT2D eigenvalue weighted by Crippen LogP contribution is 2.02. The number of likely N-dealkylation sites (N-methyl/N-ethyl adjacent to an activating group) is 1. The molecule has 0 amide bonds. The predicted octanol–water partition coefficient (Wildman–Crippen LogP) is 3.15. The van der Waals surface area contributed by atoms with E-state index in [0.717, 1.165) is 52.1 Å². The SMILES string of the molecule is CCCC(=O)CCN(CCC(=O)CCC)CCN(CC)CC. The second-order valence-electron chi connectivity index (χ2n) is 5.95. The van der Waals surface area contributed by atoms with E-state index in [0.29, 0.717) is 37.2 Å². The van der Waals surface area contributed by atoms with Crippen LogP contribution in [0.1, 0.15) is 66.2 Å². The quantitative estimate of drug-likeness (QED) is 0.466. The summed E-state index contributed by atoms with van der Waals surface area (Å²) in [6.07, 6.45) is 4.44. The molecule has 0 saturated carbocycles. The Morgan fingerprint density at radius 2 is 1.00 bits per heavy atom. The smallest absolute Gasteiger partial charge is 0.134 e. The monoisotopic (exact) mass is 312 g/mol. The third-order valence-corrected chi connectivity index (χ3v) is 4.10. The van der Waals surface area contributed by atoms with Crippen LogP contribution in [0.4, 0.5) is 0 Å². The van der Waals surface area contributed by atoms with E-state index in [4.69, 9.17) is 0 Å². The van der Waals surface area contributed by atoms with Gasteiger partial charge in [-0.3, -0.25) is 9.59 Å². The van der Waals surface area contributed by atoms with Gasteiger partial charge >= 0.3 is 0 Å². The second-order valence-corrected chi connectivity index (χ2v) is 5.95. The molecule has 0 saturated heterocycles. The molecule has 0 aromatic rings. The topological polar surface area (TPSA) is 40.6 Å². The molecule has 4 heteroatoms. The zero-order chi connectivity index (χ0) is 16.8. The lowest BCUT2D eigenvalue weighted by molar-refractivity contribution is -0.119. The summed E-state index contributed by atoms with van der Waals surface area (Å²) in [6, 6.07) is 0. The molecule has 4 nitrogen and oxygen atoms in total. The first-order valence-corrected chi connectivity index (χ1v) is 9.05. The van der Waals surface area contributed by atoms with Gasteiger partial charge in [-0.05, 0) is 25.9 Å². The average molecular weight is 312 g/mol. The minimum atomic E-state index is 0.343. The molecule has 0 bridgehead atoms. The molecule has 0 spiro atoms. The Hall–Kier alpha value is -0.740. The van der Waals surface area contributed by atoms with Crippen molar-refractivity contribution >= 4 is 11.6 Å². The van der Waals surface area contributed by atoms with Gasteiger partial charge in [0.05, 0.1) is 0 Å². The average Bonchev–Trinajstić information content (AvgIpc) is 2.50. The molecule has 0 unspecified atom stereocenters. The van der Waals surface area contributed by atoms with Crippen LogP contribution in [0.2, 0.25) is 0 Å². The standard InChI is InChI=1S/C18H36N2O2/c1-5-9-17(21)11-13-20(14-12-18(22)10-6-2)16-15-19(7-3)8-4/h5-16H2,1-4H3. The Morgan fingerprint density at radius 3 is 1.36 bits per heavy atom. The van der Waals surface area contributed by atoms with Gasteiger partial charge in [-0.15, -0.1) is 0 Å². The van der Waals surface area contributed by atoms with E-state index >= 15 is 0 Å². The van der Waals surface area contributed by atoms with Crippen molar-refractivity contribution in [3.05, 3.63) is 0 Å². The maximum atomic E-state index is 11.7. The van der Waals surface area contributed by atoms with E-state index in [-0.39, 0.29) is 0 Å². The van der Waals surface area contributed by atoms with Gasteiger partial charge in [0, 0.05) is 51.9 Å². The van der Waals surface area contributed by atoms with Crippen LogP contribution in [0.3, 0.4) is 0 Å². The maximum absolute atomic E-state index is 11.7. The van der Waals surface area contributed by atoms with Crippen molar-refractivity contribution in [2.45, 2.75) is 66.2 Å². The summed E-state index contributed by atoms with van der Waals surface area (Å²) < 4.78 is 0. The summed E-state index contributed by atoms with van der Waals surface area (Å²) in [4.78, 5) is 28.1. The molecule has 0 radical (unpaired) electrons. The van der Waals surface area contributed by atoms with Crippen LogP contribution >= 0.6 is 0 Å². The van der Waals surface area contributed by atoms with Gasteiger partial charge in [0.2, 0.25) is 0 Å². The Labute approximate surface area is 137 Å². The van der Waals surface area contributed by atoms with Crippen LogP contribution in [-0.4, -0.2) is 60.6 Å². The van der Waals surface area contributed by atoms with Crippen molar-refractivity contribution in [3.8, 4) is 0 Å². The highest BCUT2D eigenvalue weighted by atomic mass is 16.1. The van der Waals surface area contributed by atoms with Crippen LogP contribution in [0, 0.1) is 0 Å². The van der Waals surface area contributed by atoms with Gasteiger partial charge in [-0.1, -0.05) is 27.7 Å². The Kier molecular flexibility index (Phi) is 13.4. The number of ketones is 2. The molecule has 130 valence electrons. The van der Waals surface area contributed by atoms with Crippen molar-refractivity contribution < 1.29 is 9.59 Å². The lowest BCUT2D eigenvalue weighted by Gasteiger charge is -2.26. The van der Waals surface area contributed by atoms with Gasteiger partial charge < -0.3 is 9.80 Å². The molecule has 0 N–H and O–H groups in total. The van der Waals surface area contributed by atoms with Gasteiger partial charge in [0.15, 0.2) is 0 Å². The van der Waals surface area contributed by atoms with Crippen molar-refractivity contribution in [1.29, 1.82) is 0 Å². The minimum Gasteiger partial charge on any atom is -0.303 e. The molecule has 0 aliphatic rings. The van der Waals surface area contributed by atoms with Crippen molar-refractivity contribution in [3.63, 3.8) is 0 Å². The third kappa shape index (κ3) is 10.9. The first-order valence-electron chi connectivity index (χ1n) is 9.05. The fraction of sp³-hybridized carbons (Fsp3) is 0.889. The number of hydrogen-bond acceptors (Lipinski definition) is 4. The highest BCUT2D eigenvalue weighted by Gasteiger charge is 2.11. The van der Waals surface area contributed by atoms with Crippen LogP contribution in [0.5, 0.6) is 0 Å². The highest BCUT2D eigenvalue weighted by molar-refractivity contribution is 5.79. The van der Waals surface area contributed by atoms with Gasteiger partial charge in [-0.2, -0.15) is 0 Å². The normalized spacial score (nSPS) is 11.4. The summed E-state index contributed by atoms with van der Waals surface area (Å²) in [5, 5.41) is 0. The number of hydrogen-bond donors (Lipinski definition) is 0. The largest absolute Gasteiger partial charge is 0.303 e. The van der Waals surface area contributed by atoms with E-state index in [1.807, 2.05) is 13.8 Å². The van der Waals surface area contributed by atoms with E-state index in [2.05, 4.69) is 23.6 Å². The number of Topliss-reactive ketones (excluding diaryl/α,β-unsaturated/α-hetero) is 2. The van der Waals surface area contributed by atoms with Gasteiger partial charge in [-0.25, -0.2) is 0 Å². The zero-order valence-corrected chi connectivity index (χ0v) is 15.2. The number of nitrogens with zero attached hydrogens (tertiary/aromatic N) is 2. The third-order valence-electron chi connectivity index (χ3n) is 4.10. The molecular weight excluding hydrogens is 276 g/mol. The van der Waals surface area contributed by atoms with Crippen LogP contribution in [0.25, 0.3) is 0 Å². The first-order chi connectivity index (χ1) is 10.6. The van der Waals surface area contributed by atoms with Crippen molar-refractivity contribution in [2.24, 2.45) is 0 Å². The molecular formula is C18H36N2O2. The van der Waals surface area contributed by atoms with E-state index in [1.54, 1.807) is 0 Å². The summed E-state index contributed by atoms with van der Waals surface area (Å²) in [7, 11) is 0. The number of carbonyl (C=O) groups is 2. The zero-order valence-electron chi connectivity index (χ0n) is 15.2. The summed E-state index contributed by atoms with van der Waals surface area (Å²) in [6.45, 7) is 14.1. The molecule has 0 rings (SSSR count). The fourth-order valence-electron chi connectivity index (χ4n) is 2.53. The molecule has 22 heavy (non-hydrogen) atoms. The Bertz CT molecular complexity index is 279. The lowest BCUT2D eigenvalue weighted by Crippen LogP contribution is -2.37. The van der Waals surface area contributed by atoms with Crippen LogP contribution < -0.4 is 0 Å². The lowest BCUT2D eigenvalue weighted by atomic mass is 10.1. The Balaban J connectivity index is 4.29. The molecule has 0 heterocycles. The van der Waals surface area contributed by atoms with Gasteiger partial charge in [0.1, 0.15) is 11.6 Å². The van der Waals surface area contributed by atoms with E-state index in [9.17, 15) is 9.59 Å². The Morgan fingerprint density at radius 1 is 0.591 bits per heavy atom. The van der Waals surface area contributed by atoms with Crippen molar-refractivity contribution in [2.75, 3.05) is 39.3 Å². The van der Waals surface area contributed by atoms with Crippen LogP contribution in [0.15, 0.2) is 0 Å². The van der Waals surface area contributed by atoms with Crippen LogP contribution in [-0.2, 0) is 9.59 Å². The van der Waals surface area contributed by atoms with Crippen molar-refractivity contribution in [1.82, 2.24) is 9.80 Å². The molecule has 0 aromatic heterocycles. The molecule has 0 fully saturated rings. The molecule has 0 aliphatic heterocycles. The number of rotatable bonds is 15. The second kappa shape index (κ2) is 13.9. The summed E-state index contributed by atoms with van der Waals surface area (Å²) in [5.41, 5.74) is 0. The first kappa shape index (κ1) is 21.3. The van der Waals surface area contributed by atoms with E-state index in [1.165, 1.54) is 0 Å². The number of carbonyl (C=O) groups excluding carboxylic acids is 2. The minimum absolute atomic E-state index is 0.343. The van der Waals surface area contributed by atoms with E-state index < -0.39 is 0 Å². The molecule has 0 aliphatic carbocycles. The predicted molar refractivity (Wildman–Crippen MR) is 93.3 cm³/mol. The van der Waals surface area contributed by atoms with Gasteiger partial charge in [0.25, 0.3) is 0 Å².